The molecule has 3 rings (SSSR count). The van der Waals surface area contributed by atoms with Crippen LogP contribution in [-0.2, 0) is 0 Å². The fourth-order valence-corrected chi connectivity index (χ4v) is 2.22. The van der Waals surface area contributed by atoms with Crippen LogP contribution in [0.3, 0.4) is 0 Å². The molecule has 1 saturated carbocycles. The van der Waals surface area contributed by atoms with Gasteiger partial charge in [0.05, 0.1) is 5.69 Å². The minimum atomic E-state index is -1.49. The molecule has 98 valence electrons. The smallest absolute Gasteiger partial charge is 0.195 e. The maximum atomic E-state index is 13.7. The molecule has 1 aliphatic rings. The lowest BCUT2D eigenvalue weighted by molar-refractivity contribution is 0.448. The Labute approximate surface area is 115 Å². The van der Waals surface area contributed by atoms with E-state index in [9.17, 15) is 13.2 Å². The lowest BCUT2D eigenvalue weighted by atomic mass is 10.1. The van der Waals surface area contributed by atoms with Crippen molar-refractivity contribution in [3.05, 3.63) is 46.1 Å². The predicted octanol–water partition coefficient (Wildman–Crippen LogP) is 4.20. The van der Waals surface area contributed by atoms with Crippen LogP contribution >= 0.6 is 15.9 Å². The second-order valence-corrected chi connectivity index (χ2v) is 5.24. The first-order valence-electron chi connectivity index (χ1n) is 5.74. The van der Waals surface area contributed by atoms with Gasteiger partial charge in [-0.2, -0.15) is 0 Å². The fraction of sp³-hybridized carbons (Fsp3) is 0.231. The molecule has 0 radical (unpaired) electrons. The summed E-state index contributed by atoms with van der Waals surface area (Å²) in [5.74, 6) is -3.04. The highest BCUT2D eigenvalue weighted by atomic mass is 79.9. The molecule has 1 fully saturated rings. The molecule has 1 aromatic heterocycles. The van der Waals surface area contributed by atoms with E-state index in [2.05, 4.69) is 25.9 Å². The third-order valence-corrected chi connectivity index (χ3v) is 3.37. The lowest BCUT2D eigenvalue weighted by Gasteiger charge is -2.06. The van der Waals surface area contributed by atoms with Crippen LogP contribution in [0.25, 0.3) is 11.3 Å². The van der Waals surface area contributed by atoms with Crippen LogP contribution in [0.4, 0.5) is 13.2 Å². The van der Waals surface area contributed by atoms with Crippen molar-refractivity contribution >= 4 is 15.9 Å². The molecule has 0 aliphatic heterocycles. The Morgan fingerprint density at radius 1 is 1.05 bits per heavy atom. The number of rotatable bonds is 2. The first-order chi connectivity index (χ1) is 9.06. The van der Waals surface area contributed by atoms with E-state index in [4.69, 9.17) is 0 Å². The van der Waals surface area contributed by atoms with Gasteiger partial charge >= 0.3 is 0 Å². The average molecular weight is 329 g/mol. The Hall–Kier alpha value is -1.43. The van der Waals surface area contributed by atoms with Crippen LogP contribution < -0.4 is 0 Å². The molecule has 2 aromatic rings. The zero-order valence-corrected chi connectivity index (χ0v) is 11.2. The summed E-state index contributed by atoms with van der Waals surface area (Å²) in [5, 5.41) is 0. The molecular formula is C13H8BrF3N2. The third-order valence-electron chi connectivity index (χ3n) is 2.97. The Morgan fingerprint density at radius 3 is 2.47 bits per heavy atom. The van der Waals surface area contributed by atoms with Crippen LogP contribution in [0.15, 0.2) is 22.8 Å². The van der Waals surface area contributed by atoms with Crippen LogP contribution in [0.2, 0.25) is 0 Å². The van der Waals surface area contributed by atoms with Crippen LogP contribution in [0, 0.1) is 17.5 Å². The van der Waals surface area contributed by atoms with E-state index in [1.165, 1.54) is 12.1 Å². The van der Waals surface area contributed by atoms with E-state index in [1.54, 1.807) is 0 Å². The highest BCUT2D eigenvalue weighted by molar-refractivity contribution is 9.10. The largest absolute Gasteiger partial charge is 0.232 e. The molecule has 0 bridgehead atoms. The highest BCUT2D eigenvalue weighted by Crippen LogP contribution is 2.39. The predicted molar refractivity (Wildman–Crippen MR) is 67.0 cm³/mol. The summed E-state index contributed by atoms with van der Waals surface area (Å²) in [4.78, 5) is 8.43. The fourth-order valence-electron chi connectivity index (χ4n) is 1.82. The van der Waals surface area contributed by atoms with E-state index < -0.39 is 17.5 Å². The number of hydrogen-bond acceptors (Lipinski definition) is 2. The van der Waals surface area contributed by atoms with Gasteiger partial charge in [-0.25, -0.2) is 23.1 Å². The third kappa shape index (κ3) is 2.36. The quantitative estimate of drug-likeness (QED) is 0.610. The summed E-state index contributed by atoms with van der Waals surface area (Å²) in [6.07, 6.45) is 1.99. The SMILES string of the molecule is Fc1ccc(-c2cc(Br)nc(C3CC3)n2)c(F)c1F. The van der Waals surface area contributed by atoms with Gasteiger partial charge in [-0.15, -0.1) is 0 Å². The minimum Gasteiger partial charge on any atom is -0.232 e. The van der Waals surface area contributed by atoms with Gasteiger partial charge < -0.3 is 0 Å². The van der Waals surface area contributed by atoms with Crippen LogP contribution in [0.1, 0.15) is 24.6 Å². The molecule has 1 aliphatic carbocycles. The summed E-state index contributed by atoms with van der Waals surface area (Å²) in [5.41, 5.74) is 0.184. The molecular weight excluding hydrogens is 321 g/mol. The van der Waals surface area contributed by atoms with Crippen molar-refractivity contribution in [1.82, 2.24) is 9.97 Å². The molecule has 0 amide bonds. The van der Waals surface area contributed by atoms with Crippen LogP contribution in [-0.4, -0.2) is 9.97 Å². The minimum absolute atomic E-state index is 0.0658. The molecule has 0 saturated heterocycles. The summed E-state index contributed by atoms with van der Waals surface area (Å²) >= 11 is 3.22. The monoisotopic (exact) mass is 328 g/mol. The Kier molecular flexibility index (Phi) is 3.05. The van der Waals surface area contributed by atoms with Crippen molar-refractivity contribution in [3.63, 3.8) is 0 Å². The summed E-state index contributed by atoms with van der Waals surface area (Å²) in [7, 11) is 0. The van der Waals surface area contributed by atoms with E-state index in [0.29, 0.717) is 10.4 Å². The average Bonchev–Trinajstić information content (AvgIpc) is 3.19. The molecule has 0 N–H and O–H groups in total. The van der Waals surface area contributed by atoms with E-state index in [-0.39, 0.29) is 17.2 Å². The van der Waals surface area contributed by atoms with Crippen molar-refractivity contribution in [3.8, 4) is 11.3 Å². The number of benzene rings is 1. The molecule has 0 unspecified atom stereocenters. The summed E-state index contributed by atoms with van der Waals surface area (Å²) < 4.78 is 40.4. The molecule has 2 nitrogen and oxygen atoms in total. The zero-order chi connectivity index (χ0) is 13.6. The van der Waals surface area contributed by atoms with Gasteiger partial charge in [-0.05, 0) is 47.0 Å². The summed E-state index contributed by atoms with van der Waals surface area (Å²) in [6, 6.07) is 3.56. The Balaban J connectivity index is 2.13. The standard InChI is InChI=1S/C13H8BrF3N2/c14-10-5-9(18-13(19-10)6-1-2-6)7-3-4-8(15)12(17)11(7)16/h3-6H,1-2H2. The summed E-state index contributed by atoms with van der Waals surface area (Å²) in [6.45, 7) is 0. The first-order valence-corrected chi connectivity index (χ1v) is 6.54. The van der Waals surface area contributed by atoms with E-state index in [1.807, 2.05) is 0 Å². The zero-order valence-electron chi connectivity index (χ0n) is 9.63. The first kappa shape index (κ1) is 12.6. The van der Waals surface area contributed by atoms with Gasteiger partial charge in [0.15, 0.2) is 17.5 Å². The van der Waals surface area contributed by atoms with Crippen molar-refractivity contribution in [2.75, 3.05) is 0 Å². The Bertz CT molecular complexity index is 657. The second-order valence-electron chi connectivity index (χ2n) is 4.43. The molecule has 19 heavy (non-hydrogen) atoms. The van der Waals surface area contributed by atoms with Crippen molar-refractivity contribution in [1.29, 1.82) is 0 Å². The van der Waals surface area contributed by atoms with Gasteiger partial charge in [-0.1, -0.05) is 0 Å². The number of nitrogens with zero attached hydrogens (tertiary/aromatic N) is 2. The number of aromatic nitrogens is 2. The molecule has 0 atom stereocenters. The maximum Gasteiger partial charge on any atom is 0.195 e. The Morgan fingerprint density at radius 2 is 1.79 bits per heavy atom. The molecule has 6 heteroatoms. The van der Waals surface area contributed by atoms with Crippen molar-refractivity contribution in [2.45, 2.75) is 18.8 Å². The van der Waals surface area contributed by atoms with E-state index in [0.717, 1.165) is 18.9 Å². The van der Waals surface area contributed by atoms with Gasteiger partial charge in [0.25, 0.3) is 0 Å². The van der Waals surface area contributed by atoms with Crippen molar-refractivity contribution in [2.24, 2.45) is 0 Å². The number of halogens is 4. The molecule has 0 spiro atoms. The van der Waals surface area contributed by atoms with Gasteiger partial charge in [-0.3, -0.25) is 0 Å². The topological polar surface area (TPSA) is 25.8 Å². The van der Waals surface area contributed by atoms with Gasteiger partial charge in [0.1, 0.15) is 10.4 Å². The maximum absolute atomic E-state index is 13.7. The highest BCUT2D eigenvalue weighted by Gasteiger charge is 2.28. The number of hydrogen-bond donors (Lipinski definition) is 0. The second kappa shape index (κ2) is 4.59. The molecule has 1 aromatic carbocycles. The molecule has 1 heterocycles. The van der Waals surface area contributed by atoms with E-state index >= 15 is 0 Å². The van der Waals surface area contributed by atoms with Crippen molar-refractivity contribution < 1.29 is 13.2 Å². The normalized spacial score (nSPS) is 14.7. The van der Waals surface area contributed by atoms with Crippen LogP contribution in [0.5, 0.6) is 0 Å². The van der Waals surface area contributed by atoms with Gasteiger partial charge in [0.2, 0.25) is 0 Å². The van der Waals surface area contributed by atoms with Gasteiger partial charge in [0, 0.05) is 11.5 Å². The lowest BCUT2D eigenvalue weighted by Crippen LogP contribution is -1.99.